The standard InChI is InChI=1S/C16H20Cl2N4S/c1-5-16(4,6-2)12-7-8-14(22-20-12)21-19-10(3)11-9-13(17)23-15(11)18/h7-10H,5-6H2,1-4H3. The van der Waals surface area contributed by atoms with Crippen molar-refractivity contribution in [2.75, 3.05) is 0 Å². The van der Waals surface area contributed by atoms with Crippen molar-refractivity contribution in [2.45, 2.75) is 52.0 Å². The summed E-state index contributed by atoms with van der Waals surface area (Å²) in [5.41, 5.74) is 1.92. The second kappa shape index (κ2) is 7.69. The molecule has 0 bridgehead atoms. The van der Waals surface area contributed by atoms with Gasteiger partial charge in [0.05, 0.1) is 20.4 Å². The highest BCUT2D eigenvalue weighted by molar-refractivity contribution is 7.20. The van der Waals surface area contributed by atoms with Gasteiger partial charge in [-0.15, -0.1) is 21.5 Å². The molecule has 7 heteroatoms. The van der Waals surface area contributed by atoms with E-state index >= 15 is 0 Å². The molecule has 2 heterocycles. The third-order valence-corrected chi connectivity index (χ3v) is 5.81. The summed E-state index contributed by atoms with van der Waals surface area (Å²) in [6.45, 7) is 8.44. The zero-order valence-electron chi connectivity index (χ0n) is 13.7. The average molecular weight is 371 g/mol. The zero-order chi connectivity index (χ0) is 17.0. The number of nitrogens with zero attached hydrogens (tertiary/aromatic N) is 4. The van der Waals surface area contributed by atoms with Crippen LogP contribution in [0.4, 0.5) is 5.82 Å². The van der Waals surface area contributed by atoms with Crippen LogP contribution in [0.3, 0.4) is 0 Å². The molecule has 0 aliphatic heterocycles. The Labute approximate surface area is 151 Å². The van der Waals surface area contributed by atoms with Gasteiger partial charge in [-0.2, -0.15) is 10.2 Å². The Morgan fingerprint density at radius 3 is 2.39 bits per heavy atom. The lowest BCUT2D eigenvalue weighted by molar-refractivity contribution is 0.421. The minimum Gasteiger partial charge on any atom is -0.179 e. The SMILES string of the molecule is CCC(C)(CC)c1ccc(N=NC(C)c2cc(Cl)sc2Cl)nn1. The molecule has 0 amide bonds. The van der Waals surface area contributed by atoms with Crippen LogP contribution >= 0.6 is 34.5 Å². The number of thiophene rings is 1. The number of halogens is 2. The van der Waals surface area contributed by atoms with Gasteiger partial charge in [0.15, 0.2) is 5.82 Å². The Balaban J connectivity index is 2.13. The maximum absolute atomic E-state index is 6.13. The van der Waals surface area contributed by atoms with E-state index in [2.05, 4.69) is 41.2 Å². The van der Waals surface area contributed by atoms with Gasteiger partial charge < -0.3 is 0 Å². The van der Waals surface area contributed by atoms with Crippen LogP contribution in [0.1, 0.15) is 57.8 Å². The molecule has 0 saturated heterocycles. The zero-order valence-corrected chi connectivity index (χ0v) is 16.0. The molecule has 4 nitrogen and oxygen atoms in total. The maximum atomic E-state index is 6.13. The predicted octanol–water partition coefficient (Wildman–Crippen LogP) is 6.77. The van der Waals surface area contributed by atoms with E-state index in [0.29, 0.717) is 14.5 Å². The van der Waals surface area contributed by atoms with Crippen LogP contribution in [0.5, 0.6) is 0 Å². The van der Waals surface area contributed by atoms with E-state index in [-0.39, 0.29) is 11.5 Å². The van der Waals surface area contributed by atoms with Gasteiger partial charge in [-0.25, -0.2) is 0 Å². The van der Waals surface area contributed by atoms with Crippen LogP contribution in [0, 0.1) is 0 Å². The van der Waals surface area contributed by atoms with Crippen LogP contribution in [-0.2, 0) is 5.41 Å². The Hall–Kier alpha value is -1.04. The summed E-state index contributed by atoms with van der Waals surface area (Å²) in [6.07, 6.45) is 2.04. The lowest BCUT2D eigenvalue weighted by atomic mass is 9.81. The smallest absolute Gasteiger partial charge is 0.179 e. The predicted molar refractivity (Wildman–Crippen MR) is 97.2 cm³/mol. The third kappa shape index (κ3) is 4.28. The monoisotopic (exact) mass is 370 g/mol. The molecule has 0 aromatic carbocycles. The fraction of sp³-hybridized carbons (Fsp3) is 0.500. The van der Waals surface area contributed by atoms with Crippen molar-refractivity contribution in [3.8, 4) is 0 Å². The van der Waals surface area contributed by atoms with E-state index < -0.39 is 0 Å². The normalized spacial score (nSPS) is 13.7. The molecular formula is C16H20Cl2N4S. The van der Waals surface area contributed by atoms with Gasteiger partial charge in [-0.1, -0.05) is 44.0 Å². The van der Waals surface area contributed by atoms with E-state index in [0.717, 1.165) is 24.1 Å². The topological polar surface area (TPSA) is 50.5 Å². The van der Waals surface area contributed by atoms with Gasteiger partial charge in [0.25, 0.3) is 0 Å². The van der Waals surface area contributed by atoms with E-state index in [1.165, 1.54) is 11.3 Å². The minimum atomic E-state index is -0.177. The van der Waals surface area contributed by atoms with Crippen molar-refractivity contribution in [1.82, 2.24) is 10.2 Å². The molecule has 0 fully saturated rings. The van der Waals surface area contributed by atoms with Gasteiger partial charge >= 0.3 is 0 Å². The number of azo groups is 1. The molecule has 1 atom stereocenters. The van der Waals surface area contributed by atoms with Crippen molar-refractivity contribution >= 4 is 40.4 Å². The summed E-state index contributed by atoms with van der Waals surface area (Å²) < 4.78 is 1.29. The largest absolute Gasteiger partial charge is 0.195 e. The van der Waals surface area contributed by atoms with Crippen molar-refractivity contribution in [3.63, 3.8) is 0 Å². The Morgan fingerprint density at radius 2 is 1.91 bits per heavy atom. The first kappa shape index (κ1) is 18.3. The van der Waals surface area contributed by atoms with E-state index in [1.54, 1.807) is 0 Å². The molecule has 0 radical (unpaired) electrons. The van der Waals surface area contributed by atoms with Crippen LogP contribution < -0.4 is 0 Å². The average Bonchev–Trinajstić information content (AvgIpc) is 2.91. The van der Waals surface area contributed by atoms with Crippen molar-refractivity contribution in [3.05, 3.63) is 38.1 Å². The highest BCUT2D eigenvalue weighted by Crippen LogP contribution is 2.36. The lowest BCUT2D eigenvalue weighted by Gasteiger charge is -2.25. The summed E-state index contributed by atoms with van der Waals surface area (Å²) in [5.74, 6) is 0.493. The molecule has 0 N–H and O–H groups in total. The van der Waals surface area contributed by atoms with E-state index in [4.69, 9.17) is 23.2 Å². The Morgan fingerprint density at radius 1 is 1.22 bits per heavy atom. The Bertz CT molecular complexity index is 678. The molecule has 2 aromatic rings. The van der Waals surface area contributed by atoms with Gasteiger partial charge in [0.2, 0.25) is 0 Å². The quantitative estimate of drug-likeness (QED) is 0.526. The first-order valence-corrected chi connectivity index (χ1v) is 9.16. The molecule has 124 valence electrons. The molecule has 2 aromatic heterocycles. The summed E-state index contributed by atoms with van der Waals surface area (Å²) in [7, 11) is 0. The van der Waals surface area contributed by atoms with Crippen LogP contribution in [-0.4, -0.2) is 10.2 Å². The van der Waals surface area contributed by atoms with Gasteiger partial charge in [0.1, 0.15) is 0 Å². The molecule has 1 unspecified atom stereocenters. The third-order valence-electron chi connectivity index (χ3n) is 4.30. The lowest BCUT2D eigenvalue weighted by Crippen LogP contribution is -2.21. The first-order chi connectivity index (χ1) is 10.9. The molecule has 0 spiro atoms. The van der Waals surface area contributed by atoms with E-state index in [1.807, 2.05) is 25.1 Å². The van der Waals surface area contributed by atoms with Crippen LogP contribution in [0.25, 0.3) is 0 Å². The Kier molecular flexibility index (Phi) is 6.12. The van der Waals surface area contributed by atoms with Crippen molar-refractivity contribution in [2.24, 2.45) is 10.2 Å². The van der Waals surface area contributed by atoms with Crippen molar-refractivity contribution in [1.29, 1.82) is 0 Å². The molecule has 0 aliphatic carbocycles. The summed E-state index contributed by atoms with van der Waals surface area (Å²) in [5, 5.41) is 16.9. The minimum absolute atomic E-state index is 0.0525. The second-order valence-corrected chi connectivity index (χ2v) is 8.00. The molecule has 0 saturated carbocycles. The first-order valence-electron chi connectivity index (χ1n) is 7.59. The molecule has 0 aliphatic rings. The second-order valence-electron chi connectivity index (χ2n) is 5.72. The van der Waals surface area contributed by atoms with E-state index in [9.17, 15) is 0 Å². The van der Waals surface area contributed by atoms with Gasteiger partial charge in [0, 0.05) is 11.0 Å². The molecule has 23 heavy (non-hydrogen) atoms. The number of hydrogen-bond donors (Lipinski definition) is 0. The van der Waals surface area contributed by atoms with Gasteiger partial charge in [-0.05, 0) is 38.0 Å². The highest BCUT2D eigenvalue weighted by Gasteiger charge is 2.24. The summed E-state index contributed by atoms with van der Waals surface area (Å²) in [4.78, 5) is 0. The summed E-state index contributed by atoms with van der Waals surface area (Å²) in [6, 6.07) is 5.47. The van der Waals surface area contributed by atoms with Gasteiger partial charge in [-0.3, -0.25) is 0 Å². The maximum Gasteiger partial charge on any atom is 0.195 e. The fourth-order valence-corrected chi connectivity index (χ4v) is 3.79. The number of hydrogen-bond acceptors (Lipinski definition) is 5. The van der Waals surface area contributed by atoms with Crippen molar-refractivity contribution < 1.29 is 0 Å². The fourth-order valence-electron chi connectivity index (χ4n) is 2.16. The molecule has 2 rings (SSSR count). The number of rotatable bonds is 6. The summed E-state index contributed by atoms with van der Waals surface area (Å²) >= 11 is 13.4. The highest BCUT2D eigenvalue weighted by atomic mass is 35.5. The number of aromatic nitrogens is 2. The molecular weight excluding hydrogens is 351 g/mol. The van der Waals surface area contributed by atoms with Crippen LogP contribution in [0.2, 0.25) is 8.67 Å². The van der Waals surface area contributed by atoms with Crippen LogP contribution in [0.15, 0.2) is 28.4 Å².